The van der Waals surface area contributed by atoms with Gasteiger partial charge in [0.1, 0.15) is 0 Å². The number of hydrogen-bond acceptors (Lipinski definition) is 1. The molecule has 0 bridgehead atoms. The third-order valence-corrected chi connectivity index (χ3v) is 3.73. The summed E-state index contributed by atoms with van der Waals surface area (Å²) in [5.74, 6) is 0. The van der Waals surface area contributed by atoms with Gasteiger partial charge in [0, 0.05) is 6.54 Å². The number of aryl methyl sites for hydroxylation is 4. The minimum absolute atomic E-state index is 0.780. The molecule has 1 N–H and O–H groups in total. The fourth-order valence-electron chi connectivity index (χ4n) is 2.44. The van der Waals surface area contributed by atoms with Crippen molar-refractivity contribution in [2.45, 2.75) is 34.2 Å². The summed E-state index contributed by atoms with van der Waals surface area (Å²) in [5.41, 5.74) is 7.49. The molecule has 1 nitrogen and oxygen atoms in total. The molecule has 0 aromatic heterocycles. The normalized spacial score (nSPS) is 10.6. The van der Waals surface area contributed by atoms with Crippen molar-refractivity contribution in [2.75, 3.05) is 5.32 Å². The summed E-state index contributed by atoms with van der Waals surface area (Å²) in [6, 6.07) is 10.5. The van der Waals surface area contributed by atoms with E-state index in [4.69, 9.17) is 11.6 Å². The van der Waals surface area contributed by atoms with Gasteiger partial charge in [0.2, 0.25) is 0 Å². The maximum Gasteiger partial charge on any atom is 0.0640 e. The number of nitrogens with one attached hydrogen (secondary N) is 1. The van der Waals surface area contributed by atoms with E-state index in [2.05, 4.69) is 44.3 Å². The minimum atomic E-state index is 0.780. The SMILES string of the molecule is Cc1cc(C)c(CNc2ccc(C)cc2Cl)c(C)c1. The highest BCUT2D eigenvalue weighted by Gasteiger charge is 2.05. The van der Waals surface area contributed by atoms with E-state index in [1.165, 1.54) is 27.8 Å². The van der Waals surface area contributed by atoms with Crippen LogP contribution in [-0.4, -0.2) is 0 Å². The first kappa shape index (κ1) is 14.0. The van der Waals surface area contributed by atoms with Gasteiger partial charge in [0.05, 0.1) is 10.7 Å². The standard InChI is InChI=1S/C17H20ClN/c1-11-5-6-17(16(18)9-11)19-10-15-13(3)7-12(2)8-14(15)4/h5-9,19H,10H2,1-4H3. The fourth-order valence-corrected chi connectivity index (χ4v) is 2.74. The van der Waals surface area contributed by atoms with Gasteiger partial charge in [0.25, 0.3) is 0 Å². The predicted molar refractivity (Wildman–Crippen MR) is 84.2 cm³/mol. The van der Waals surface area contributed by atoms with Crippen molar-refractivity contribution in [3.63, 3.8) is 0 Å². The second-order valence-electron chi connectivity index (χ2n) is 5.21. The largest absolute Gasteiger partial charge is 0.380 e. The molecule has 0 saturated heterocycles. The first-order valence-electron chi connectivity index (χ1n) is 6.54. The van der Waals surface area contributed by atoms with Gasteiger partial charge in [-0.15, -0.1) is 0 Å². The van der Waals surface area contributed by atoms with E-state index in [1.807, 2.05) is 19.1 Å². The van der Waals surface area contributed by atoms with Gasteiger partial charge >= 0.3 is 0 Å². The second kappa shape index (κ2) is 5.66. The molecule has 0 amide bonds. The molecule has 0 spiro atoms. The van der Waals surface area contributed by atoms with Crippen LogP contribution in [0, 0.1) is 27.7 Å². The maximum absolute atomic E-state index is 6.24. The molecule has 19 heavy (non-hydrogen) atoms. The summed E-state index contributed by atoms with van der Waals surface area (Å²) in [7, 11) is 0. The van der Waals surface area contributed by atoms with E-state index in [0.29, 0.717) is 0 Å². The van der Waals surface area contributed by atoms with Crippen LogP contribution in [0.15, 0.2) is 30.3 Å². The minimum Gasteiger partial charge on any atom is -0.380 e. The van der Waals surface area contributed by atoms with Gasteiger partial charge in [-0.05, 0) is 62.1 Å². The molecule has 0 aliphatic carbocycles. The Kier molecular flexibility index (Phi) is 4.16. The van der Waals surface area contributed by atoms with Gasteiger partial charge in [-0.2, -0.15) is 0 Å². The Morgan fingerprint density at radius 1 is 0.895 bits per heavy atom. The summed E-state index contributed by atoms with van der Waals surface area (Å²) in [6.07, 6.45) is 0. The molecular formula is C17H20ClN. The van der Waals surface area contributed by atoms with Crippen LogP contribution in [0.2, 0.25) is 5.02 Å². The molecule has 0 heterocycles. The van der Waals surface area contributed by atoms with Crippen LogP contribution in [0.25, 0.3) is 0 Å². The summed E-state index contributed by atoms with van der Waals surface area (Å²) in [6.45, 7) is 9.31. The zero-order valence-electron chi connectivity index (χ0n) is 12.0. The highest BCUT2D eigenvalue weighted by Crippen LogP contribution is 2.24. The summed E-state index contributed by atoms with van der Waals surface area (Å²) in [4.78, 5) is 0. The van der Waals surface area contributed by atoms with Crippen molar-refractivity contribution in [3.8, 4) is 0 Å². The molecule has 2 heteroatoms. The zero-order valence-corrected chi connectivity index (χ0v) is 12.7. The van der Waals surface area contributed by atoms with Gasteiger partial charge in [-0.3, -0.25) is 0 Å². The smallest absolute Gasteiger partial charge is 0.0640 e. The summed E-state index contributed by atoms with van der Waals surface area (Å²) >= 11 is 6.24. The van der Waals surface area contributed by atoms with Gasteiger partial charge in [-0.25, -0.2) is 0 Å². The Labute approximate surface area is 120 Å². The molecule has 0 saturated carbocycles. The fraction of sp³-hybridized carbons (Fsp3) is 0.294. The number of rotatable bonds is 3. The van der Waals surface area contributed by atoms with Crippen LogP contribution in [-0.2, 0) is 6.54 Å². The molecule has 0 fully saturated rings. The van der Waals surface area contributed by atoms with Crippen molar-refractivity contribution in [1.82, 2.24) is 0 Å². The first-order valence-corrected chi connectivity index (χ1v) is 6.92. The van der Waals surface area contributed by atoms with Crippen LogP contribution < -0.4 is 5.32 Å². The lowest BCUT2D eigenvalue weighted by atomic mass is 10.00. The van der Waals surface area contributed by atoms with E-state index < -0.39 is 0 Å². The zero-order chi connectivity index (χ0) is 14.0. The molecule has 2 rings (SSSR count). The van der Waals surface area contributed by atoms with Crippen LogP contribution >= 0.6 is 11.6 Å². The molecule has 0 unspecified atom stereocenters. The van der Waals surface area contributed by atoms with Crippen molar-refractivity contribution >= 4 is 17.3 Å². The Bertz CT molecular complexity index is 579. The molecule has 100 valence electrons. The quantitative estimate of drug-likeness (QED) is 0.812. The average Bonchev–Trinajstić information content (AvgIpc) is 2.30. The van der Waals surface area contributed by atoms with Gasteiger partial charge < -0.3 is 5.32 Å². The topological polar surface area (TPSA) is 12.0 Å². The Morgan fingerprint density at radius 3 is 2.11 bits per heavy atom. The van der Waals surface area contributed by atoms with Crippen LogP contribution in [0.5, 0.6) is 0 Å². The van der Waals surface area contributed by atoms with Crippen LogP contribution in [0.1, 0.15) is 27.8 Å². The third kappa shape index (κ3) is 3.30. The second-order valence-corrected chi connectivity index (χ2v) is 5.62. The maximum atomic E-state index is 6.24. The van der Waals surface area contributed by atoms with Crippen LogP contribution in [0.3, 0.4) is 0 Å². The lowest BCUT2D eigenvalue weighted by Crippen LogP contribution is -2.04. The Morgan fingerprint density at radius 2 is 1.53 bits per heavy atom. The number of halogens is 1. The predicted octanol–water partition coefficient (Wildman–Crippen LogP) is 5.19. The third-order valence-electron chi connectivity index (χ3n) is 3.42. The Hall–Kier alpha value is -1.47. The Balaban J connectivity index is 2.19. The van der Waals surface area contributed by atoms with Gasteiger partial charge in [-0.1, -0.05) is 35.4 Å². The molecular weight excluding hydrogens is 254 g/mol. The summed E-state index contributed by atoms with van der Waals surface area (Å²) in [5, 5.41) is 4.21. The highest BCUT2D eigenvalue weighted by atomic mass is 35.5. The highest BCUT2D eigenvalue weighted by molar-refractivity contribution is 6.33. The van der Waals surface area contributed by atoms with Crippen molar-refractivity contribution in [2.24, 2.45) is 0 Å². The first-order chi connectivity index (χ1) is 8.97. The van der Waals surface area contributed by atoms with Crippen molar-refractivity contribution in [1.29, 1.82) is 0 Å². The van der Waals surface area contributed by atoms with Crippen molar-refractivity contribution in [3.05, 3.63) is 63.2 Å². The molecule has 0 aliphatic rings. The number of benzene rings is 2. The van der Waals surface area contributed by atoms with Gasteiger partial charge in [0.15, 0.2) is 0 Å². The summed E-state index contributed by atoms with van der Waals surface area (Å²) < 4.78 is 0. The number of anilines is 1. The molecule has 2 aromatic rings. The van der Waals surface area contributed by atoms with Crippen LogP contribution in [0.4, 0.5) is 5.69 Å². The van der Waals surface area contributed by atoms with E-state index in [9.17, 15) is 0 Å². The molecule has 2 aromatic carbocycles. The monoisotopic (exact) mass is 273 g/mol. The van der Waals surface area contributed by atoms with E-state index in [1.54, 1.807) is 0 Å². The lowest BCUT2D eigenvalue weighted by molar-refractivity contribution is 1.08. The molecule has 0 radical (unpaired) electrons. The van der Waals surface area contributed by atoms with E-state index in [0.717, 1.165) is 17.3 Å². The lowest BCUT2D eigenvalue weighted by Gasteiger charge is -2.14. The number of hydrogen-bond donors (Lipinski definition) is 1. The van der Waals surface area contributed by atoms with Crippen molar-refractivity contribution < 1.29 is 0 Å². The van der Waals surface area contributed by atoms with E-state index >= 15 is 0 Å². The van der Waals surface area contributed by atoms with E-state index in [-0.39, 0.29) is 0 Å². The molecule has 0 aliphatic heterocycles. The average molecular weight is 274 g/mol. The molecule has 0 atom stereocenters.